The summed E-state index contributed by atoms with van der Waals surface area (Å²) in [6.07, 6.45) is 3.80. The molecule has 4 aliphatic heterocycles. The van der Waals surface area contributed by atoms with Gasteiger partial charge in [0.05, 0.1) is 55.9 Å². The molecule has 0 saturated carbocycles. The van der Waals surface area contributed by atoms with Gasteiger partial charge in [0, 0.05) is 42.4 Å². The second kappa shape index (κ2) is 17.9. The lowest BCUT2D eigenvalue weighted by molar-refractivity contribution is 0.119. The van der Waals surface area contributed by atoms with Crippen molar-refractivity contribution in [3.63, 3.8) is 0 Å². The van der Waals surface area contributed by atoms with E-state index in [1.54, 1.807) is 42.7 Å². The van der Waals surface area contributed by atoms with Crippen LogP contribution < -0.4 is 37.9 Å². The third kappa shape index (κ3) is 8.13. The van der Waals surface area contributed by atoms with Crippen LogP contribution in [0.2, 0.25) is 0 Å². The topological polar surface area (TPSA) is 89.6 Å². The van der Waals surface area contributed by atoms with Crippen molar-refractivity contribution < 1.29 is 42.6 Å². The number of likely N-dealkylation sites (N-methyl/N-ethyl adjacent to an activating group) is 2. The van der Waals surface area contributed by atoms with Gasteiger partial charge in [-0.25, -0.2) is 0 Å². The number of methoxy groups -OCH3 is 6. The molecule has 5 aromatic rings. The molecule has 0 aromatic heterocycles. The Morgan fingerprint density at radius 3 is 1.98 bits per heavy atom. The maximum Gasteiger partial charge on any atom is 0.204 e. The number of rotatable bonds is 11. The van der Waals surface area contributed by atoms with Crippen LogP contribution in [-0.2, 0) is 43.4 Å². The van der Waals surface area contributed by atoms with Gasteiger partial charge in [-0.1, -0.05) is 18.2 Å². The van der Waals surface area contributed by atoms with Crippen molar-refractivity contribution in [2.75, 3.05) is 76.5 Å². The Bertz CT molecular complexity index is 2310. The average molecular weight is 817 g/mol. The van der Waals surface area contributed by atoms with Crippen LogP contribution in [0.3, 0.4) is 0 Å². The summed E-state index contributed by atoms with van der Waals surface area (Å²) >= 11 is 0. The molecule has 0 unspecified atom stereocenters. The third-order valence-electron chi connectivity index (χ3n) is 12.3. The summed E-state index contributed by atoms with van der Waals surface area (Å²) in [6.45, 7) is 2.53. The van der Waals surface area contributed by atoms with Gasteiger partial charge in [-0.15, -0.1) is 0 Å². The van der Waals surface area contributed by atoms with E-state index in [-0.39, 0.29) is 12.1 Å². The lowest BCUT2D eigenvalue weighted by Gasteiger charge is -2.38. The molecule has 5 aromatic carbocycles. The van der Waals surface area contributed by atoms with Gasteiger partial charge >= 0.3 is 0 Å². The average Bonchev–Trinajstić information content (AvgIpc) is 3.27. The van der Waals surface area contributed by atoms with Gasteiger partial charge < -0.3 is 42.6 Å². The molecule has 0 amide bonds. The lowest BCUT2D eigenvalue weighted by atomic mass is 9.84. The van der Waals surface area contributed by atoms with Gasteiger partial charge in [-0.2, -0.15) is 0 Å². The smallest absolute Gasteiger partial charge is 0.204 e. The van der Waals surface area contributed by atoms with Crippen LogP contribution in [0.15, 0.2) is 72.8 Å². The van der Waals surface area contributed by atoms with Crippen LogP contribution in [0, 0.1) is 0 Å². The first-order chi connectivity index (χ1) is 29.2. The van der Waals surface area contributed by atoms with Crippen LogP contribution in [0.25, 0.3) is 0 Å². The molecule has 0 fully saturated rings. The number of fused-ring (bicyclic) bond motifs is 2. The van der Waals surface area contributed by atoms with Crippen molar-refractivity contribution in [1.29, 1.82) is 0 Å². The first-order valence-corrected chi connectivity index (χ1v) is 20.6. The Hall–Kier alpha value is -5.62. The van der Waals surface area contributed by atoms with Gasteiger partial charge in [0.2, 0.25) is 5.75 Å². The van der Waals surface area contributed by atoms with Crippen molar-refractivity contribution in [3.05, 3.63) is 117 Å². The number of hydrogen-bond donors (Lipinski definition) is 0. The second-order valence-corrected chi connectivity index (χ2v) is 15.7. The summed E-state index contributed by atoms with van der Waals surface area (Å²) in [5, 5.41) is 0. The summed E-state index contributed by atoms with van der Waals surface area (Å²) in [4.78, 5) is 4.81. The van der Waals surface area contributed by atoms with E-state index < -0.39 is 0 Å². The van der Waals surface area contributed by atoms with Crippen LogP contribution in [0.4, 0.5) is 0 Å². The Morgan fingerprint density at radius 2 is 1.28 bits per heavy atom. The van der Waals surface area contributed by atoms with Gasteiger partial charge in [-0.3, -0.25) is 9.80 Å². The van der Waals surface area contributed by atoms with Crippen molar-refractivity contribution in [2.45, 2.75) is 50.8 Å². The van der Waals surface area contributed by atoms with E-state index in [0.29, 0.717) is 66.3 Å². The molecule has 0 radical (unpaired) electrons. The maximum absolute atomic E-state index is 7.25. The standard InChI is InChI=1S/C49H56N2O9/c1-50-18-15-33-26-43(55-6)45-28-38(33)40(50)23-30-9-12-34(13-10-30)59-44-25-31(11-14-42(44)54-5)24-41-46-37(16-19-51(41)2)39(47(56-7)49(57-8)48(46)60-45)29-58-20-17-32-21-35(52-3)27-36(22-32)53-4/h9-14,21-22,25-28,40-41H,15-20,23-24,29H2,1-8H3/t40-,41-/m0/s1. The fourth-order valence-electron chi connectivity index (χ4n) is 9.03. The SMILES string of the molecule is COc1cc(CCOCc2c3c4c(c(OC)c2OC)Oc2cc5c(cc2OC)CCN(C)[C@H]5Cc2ccc(cc2)Oc2cc(ccc2OC)C[C@@H]4N(C)CC3)cc(OC)c1. The van der Waals surface area contributed by atoms with E-state index in [0.717, 1.165) is 77.4 Å². The summed E-state index contributed by atoms with van der Waals surface area (Å²) in [5.41, 5.74) is 8.92. The summed E-state index contributed by atoms with van der Waals surface area (Å²) in [7, 11) is 14.4. The molecule has 4 aliphatic rings. The zero-order valence-corrected chi connectivity index (χ0v) is 36.0. The van der Waals surface area contributed by atoms with Crippen molar-refractivity contribution in [3.8, 4) is 57.5 Å². The molecule has 0 N–H and O–H groups in total. The molecule has 60 heavy (non-hydrogen) atoms. The molecular weight excluding hydrogens is 761 g/mol. The number of benzene rings is 5. The summed E-state index contributed by atoms with van der Waals surface area (Å²) in [6, 6.07) is 24.8. The molecule has 4 heterocycles. The molecule has 11 heteroatoms. The van der Waals surface area contributed by atoms with Crippen LogP contribution >= 0.6 is 0 Å². The predicted molar refractivity (Wildman–Crippen MR) is 231 cm³/mol. The van der Waals surface area contributed by atoms with Gasteiger partial charge in [0.1, 0.15) is 17.2 Å². The van der Waals surface area contributed by atoms with Crippen molar-refractivity contribution >= 4 is 0 Å². The molecule has 6 bridgehead atoms. The van der Waals surface area contributed by atoms with Crippen LogP contribution in [0.5, 0.6) is 57.5 Å². The van der Waals surface area contributed by atoms with Gasteiger partial charge in [0.15, 0.2) is 34.5 Å². The first-order valence-electron chi connectivity index (χ1n) is 20.6. The number of nitrogens with zero attached hydrogens (tertiary/aromatic N) is 2. The monoisotopic (exact) mass is 816 g/mol. The Labute approximate surface area is 353 Å². The van der Waals surface area contributed by atoms with E-state index >= 15 is 0 Å². The highest BCUT2D eigenvalue weighted by Gasteiger charge is 2.37. The van der Waals surface area contributed by atoms with E-state index in [4.69, 9.17) is 42.6 Å². The quantitative estimate of drug-likeness (QED) is 0.120. The fourth-order valence-corrected chi connectivity index (χ4v) is 9.03. The van der Waals surface area contributed by atoms with E-state index in [9.17, 15) is 0 Å². The fraction of sp³-hybridized carbons (Fsp3) is 0.388. The zero-order chi connectivity index (χ0) is 41.9. The van der Waals surface area contributed by atoms with Crippen molar-refractivity contribution in [2.24, 2.45) is 0 Å². The molecule has 0 aliphatic carbocycles. The Balaban J connectivity index is 1.28. The number of hydrogen-bond acceptors (Lipinski definition) is 11. The molecular formula is C49H56N2O9. The third-order valence-corrected chi connectivity index (χ3v) is 12.3. The predicted octanol–water partition coefficient (Wildman–Crippen LogP) is 8.94. The largest absolute Gasteiger partial charge is 0.497 e. The maximum atomic E-state index is 7.25. The minimum Gasteiger partial charge on any atom is -0.497 e. The second-order valence-electron chi connectivity index (χ2n) is 15.7. The molecule has 0 spiro atoms. The number of ether oxygens (including phenoxy) is 9. The summed E-state index contributed by atoms with van der Waals surface area (Å²) < 4.78 is 55.8. The Morgan fingerprint density at radius 1 is 0.617 bits per heavy atom. The van der Waals surface area contributed by atoms with Crippen LogP contribution in [-0.4, -0.2) is 86.3 Å². The molecule has 316 valence electrons. The highest BCUT2D eigenvalue weighted by molar-refractivity contribution is 5.67. The van der Waals surface area contributed by atoms with E-state index in [1.807, 2.05) is 36.4 Å². The van der Waals surface area contributed by atoms with Crippen LogP contribution in [0.1, 0.15) is 56.6 Å². The summed E-state index contributed by atoms with van der Waals surface area (Å²) in [5.74, 6) is 6.56. The highest BCUT2D eigenvalue weighted by atomic mass is 16.5. The first kappa shape index (κ1) is 41.1. The zero-order valence-electron chi connectivity index (χ0n) is 36.0. The van der Waals surface area contributed by atoms with Crippen molar-refractivity contribution in [1.82, 2.24) is 9.80 Å². The molecule has 2 atom stereocenters. The van der Waals surface area contributed by atoms with Gasteiger partial charge in [-0.05, 0) is 128 Å². The minimum absolute atomic E-state index is 0.117. The molecule has 9 rings (SSSR count). The highest BCUT2D eigenvalue weighted by Crippen LogP contribution is 2.54. The molecule has 11 nitrogen and oxygen atoms in total. The lowest BCUT2D eigenvalue weighted by Crippen LogP contribution is -2.35. The molecule has 0 saturated heterocycles. The van der Waals surface area contributed by atoms with E-state index in [2.05, 4.69) is 60.3 Å². The van der Waals surface area contributed by atoms with Gasteiger partial charge in [0.25, 0.3) is 0 Å². The van der Waals surface area contributed by atoms with E-state index in [1.165, 1.54) is 16.7 Å². The normalized spacial score (nSPS) is 17.3. The Kier molecular flexibility index (Phi) is 12.3. The minimum atomic E-state index is -0.117.